The van der Waals surface area contributed by atoms with Crippen molar-refractivity contribution in [3.63, 3.8) is 0 Å². The fourth-order valence-corrected chi connectivity index (χ4v) is 3.15. The van der Waals surface area contributed by atoms with Gasteiger partial charge in [-0.15, -0.1) is 0 Å². The average Bonchev–Trinajstić information content (AvgIpc) is 2.65. The predicted molar refractivity (Wildman–Crippen MR) is 66.4 cm³/mol. The number of ketones is 1. The van der Waals surface area contributed by atoms with Gasteiger partial charge in [0.1, 0.15) is 5.78 Å². The summed E-state index contributed by atoms with van der Waals surface area (Å²) in [6.07, 6.45) is 8.29. The highest BCUT2D eigenvalue weighted by atomic mass is 16.1. The molecule has 2 unspecified atom stereocenters. The van der Waals surface area contributed by atoms with Gasteiger partial charge in [-0.2, -0.15) is 0 Å². The third-order valence-corrected chi connectivity index (χ3v) is 4.36. The molecule has 2 fully saturated rings. The first-order valence-electron chi connectivity index (χ1n) is 7.04. The second-order valence-electron chi connectivity index (χ2n) is 5.59. The smallest absolute Gasteiger partial charge is 0.137 e. The van der Waals surface area contributed by atoms with Gasteiger partial charge in [0.05, 0.1) is 0 Å². The van der Waals surface area contributed by atoms with Crippen LogP contribution < -0.4 is 0 Å². The van der Waals surface area contributed by atoms with Gasteiger partial charge in [0.2, 0.25) is 0 Å². The maximum Gasteiger partial charge on any atom is 0.137 e. The predicted octanol–water partition coefficient (Wildman–Crippen LogP) is 2.87. The van der Waals surface area contributed by atoms with Crippen LogP contribution in [0.2, 0.25) is 0 Å². The Bertz CT molecular complexity index is 239. The summed E-state index contributed by atoms with van der Waals surface area (Å²) in [5.41, 5.74) is 0. The van der Waals surface area contributed by atoms with Gasteiger partial charge in [0.15, 0.2) is 0 Å². The van der Waals surface area contributed by atoms with E-state index in [0.717, 1.165) is 31.7 Å². The van der Waals surface area contributed by atoms with E-state index < -0.39 is 0 Å². The van der Waals surface area contributed by atoms with Gasteiger partial charge < -0.3 is 4.90 Å². The SMILES string of the molecule is CCC1CCN(CC2CCCCCC2=O)C1. The first kappa shape index (κ1) is 12.1. The van der Waals surface area contributed by atoms with E-state index in [1.54, 1.807) is 0 Å². The Morgan fingerprint density at radius 3 is 2.88 bits per heavy atom. The maximum absolute atomic E-state index is 11.9. The van der Waals surface area contributed by atoms with Crippen LogP contribution in [0.4, 0.5) is 0 Å². The van der Waals surface area contributed by atoms with Gasteiger partial charge in [-0.3, -0.25) is 4.79 Å². The number of hydrogen-bond acceptors (Lipinski definition) is 2. The second-order valence-corrected chi connectivity index (χ2v) is 5.59. The van der Waals surface area contributed by atoms with Crippen molar-refractivity contribution in [2.45, 2.75) is 51.9 Å². The fourth-order valence-electron chi connectivity index (χ4n) is 3.15. The summed E-state index contributed by atoms with van der Waals surface area (Å²) < 4.78 is 0. The summed E-state index contributed by atoms with van der Waals surface area (Å²) in [7, 11) is 0. The molecule has 0 aromatic heterocycles. The fraction of sp³-hybridized carbons (Fsp3) is 0.929. The van der Waals surface area contributed by atoms with Crippen LogP contribution in [0.25, 0.3) is 0 Å². The number of Topliss-reactive ketones (excluding diaryl/α,β-unsaturated/α-hetero) is 1. The minimum absolute atomic E-state index is 0.359. The standard InChI is InChI=1S/C14H25NO/c1-2-12-8-9-15(10-12)11-13-6-4-3-5-7-14(13)16/h12-13H,2-11H2,1H3. The number of carbonyl (C=O) groups excluding carboxylic acids is 1. The molecule has 1 heterocycles. The van der Waals surface area contributed by atoms with Gasteiger partial charge in [0, 0.05) is 25.4 Å². The highest BCUT2D eigenvalue weighted by Crippen LogP contribution is 2.25. The highest BCUT2D eigenvalue weighted by Gasteiger charge is 2.27. The molecule has 1 aliphatic carbocycles. The Hall–Kier alpha value is -0.370. The zero-order valence-electron chi connectivity index (χ0n) is 10.6. The molecule has 16 heavy (non-hydrogen) atoms. The Morgan fingerprint density at radius 2 is 2.12 bits per heavy atom. The maximum atomic E-state index is 11.9. The van der Waals surface area contributed by atoms with E-state index in [1.807, 2.05) is 0 Å². The molecule has 2 nitrogen and oxygen atoms in total. The first-order chi connectivity index (χ1) is 7.79. The molecule has 0 aromatic carbocycles. The van der Waals surface area contributed by atoms with Gasteiger partial charge in [0.25, 0.3) is 0 Å². The Balaban J connectivity index is 1.81. The molecular weight excluding hydrogens is 198 g/mol. The molecule has 1 saturated carbocycles. The van der Waals surface area contributed by atoms with Crippen LogP contribution in [-0.4, -0.2) is 30.3 Å². The number of rotatable bonds is 3. The van der Waals surface area contributed by atoms with E-state index in [2.05, 4.69) is 11.8 Å². The lowest BCUT2D eigenvalue weighted by atomic mass is 9.98. The number of hydrogen-bond donors (Lipinski definition) is 0. The zero-order chi connectivity index (χ0) is 11.4. The van der Waals surface area contributed by atoms with E-state index in [1.165, 1.54) is 38.8 Å². The lowest BCUT2D eigenvalue weighted by molar-refractivity contribution is -0.123. The van der Waals surface area contributed by atoms with Crippen molar-refractivity contribution >= 4 is 5.78 Å². The van der Waals surface area contributed by atoms with Gasteiger partial charge in [-0.05, 0) is 31.7 Å². The summed E-state index contributed by atoms with van der Waals surface area (Å²) in [6, 6.07) is 0. The van der Waals surface area contributed by atoms with Crippen LogP contribution >= 0.6 is 0 Å². The second kappa shape index (κ2) is 5.81. The quantitative estimate of drug-likeness (QED) is 0.686. The van der Waals surface area contributed by atoms with Gasteiger partial charge in [-0.25, -0.2) is 0 Å². The molecular formula is C14H25NO. The molecule has 2 heteroatoms. The molecule has 2 aliphatic rings. The van der Waals surface area contributed by atoms with Crippen LogP contribution in [-0.2, 0) is 4.79 Å². The summed E-state index contributed by atoms with van der Waals surface area (Å²) in [6.45, 7) is 5.79. The van der Waals surface area contributed by atoms with E-state index in [4.69, 9.17) is 0 Å². The molecule has 2 rings (SSSR count). The molecule has 0 spiro atoms. The van der Waals surface area contributed by atoms with Crippen molar-refractivity contribution in [2.24, 2.45) is 11.8 Å². The van der Waals surface area contributed by atoms with Gasteiger partial charge >= 0.3 is 0 Å². The topological polar surface area (TPSA) is 20.3 Å². The number of carbonyl (C=O) groups is 1. The van der Waals surface area contributed by atoms with Gasteiger partial charge in [-0.1, -0.05) is 26.2 Å². The molecule has 0 radical (unpaired) electrons. The molecule has 0 N–H and O–H groups in total. The molecule has 92 valence electrons. The largest absolute Gasteiger partial charge is 0.302 e. The Labute approximate surface area is 99.4 Å². The summed E-state index contributed by atoms with van der Waals surface area (Å²) in [5, 5.41) is 0. The number of nitrogens with zero attached hydrogens (tertiary/aromatic N) is 1. The third-order valence-electron chi connectivity index (χ3n) is 4.36. The van der Waals surface area contributed by atoms with Crippen molar-refractivity contribution < 1.29 is 4.79 Å². The summed E-state index contributed by atoms with van der Waals surface area (Å²) in [5.74, 6) is 1.79. The van der Waals surface area contributed by atoms with Crippen LogP contribution in [0, 0.1) is 11.8 Å². The first-order valence-corrected chi connectivity index (χ1v) is 7.04. The van der Waals surface area contributed by atoms with Crippen molar-refractivity contribution in [1.29, 1.82) is 0 Å². The minimum atomic E-state index is 0.359. The third kappa shape index (κ3) is 3.07. The molecule has 1 saturated heterocycles. The normalized spacial score (nSPS) is 32.9. The molecule has 0 amide bonds. The van der Waals surface area contributed by atoms with E-state index in [-0.39, 0.29) is 0 Å². The highest BCUT2D eigenvalue weighted by molar-refractivity contribution is 5.81. The van der Waals surface area contributed by atoms with Crippen molar-refractivity contribution in [1.82, 2.24) is 4.90 Å². The van der Waals surface area contributed by atoms with E-state index in [0.29, 0.717) is 11.7 Å². The monoisotopic (exact) mass is 223 g/mol. The van der Waals surface area contributed by atoms with Crippen LogP contribution in [0.15, 0.2) is 0 Å². The van der Waals surface area contributed by atoms with Crippen LogP contribution in [0.5, 0.6) is 0 Å². The molecule has 1 aliphatic heterocycles. The Kier molecular flexibility index (Phi) is 4.39. The number of likely N-dealkylation sites (tertiary alicyclic amines) is 1. The van der Waals surface area contributed by atoms with Crippen LogP contribution in [0.1, 0.15) is 51.9 Å². The van der Waals surface area contributed by atoms with Crippen molar-refractivity contribution in [3.05, 3.63) is 0 Å². The lowest BCUT2D eigenvalue weighted by Crippen LogP contribution is -2.31. The molecule has 0 bridgehead atoms. The minimum Gasteiger partial charge on any atom is -0.302 e. The summed E-state index contributed by atoms with van der Waals surface area (Å²) >= 11 is 0. The average molecular weight is 223 g/mol. The Morgan fingerprint density at radius 1 is 1.25 bits per heavy atom. The lowest BCUT2D eigenvalue weighted by Gasteiger charge is -2.21. The van der Waals surface area contributed by atoms with E-state index >= 15 is 0 Å². The van der Waals surface area contributed by atoms with E-state index in [9.17, 15) is 4.79 Å². The van der Waals surface area contributed by atoms with Crippen LogP contribution in [0.3, 0.4) is 0 Å². The van der Waals surface area contributed by atoms with Crippen molar-refractivity contribution in [3.8, 4) is 0 Å². The molecule has 2 atom stereocenters. The van der Waals surface area contributed by atoms with Crippen molar-refractivity contribution in [2.75, 3.05) is 19.6 Å². The summed E-state index contributed by atoms with van der Waals surface area (Å²) in [4.78, 5) is 14.5. The zero-order valence-corrected chi connectivity index (χ0v) is 10.6. The molecule has 0 aromatic rings.